The lowest BCUT2D eigenvalue weighted by Crippen LogP contribution is -2.38. The van der Waals surface area contributed by atoms with Crippen LogP contribution in [0.15, 0.2) is 54.6 Å². The van der Waals surface area contributed by atoms with E-state index >= 15 is 0 Å². The van der Waals surface area contributed by atoms with E-state index in [9.17, 15) is 9.59 Å². The molecule has 0 spiro atoms. The van der Waals surface area contributed by atoms with Crippen molar-refractivity contribution < 1.29 is 9.59 Å². The minimum Gasteiger partial charge on any atom is -0.371 e. The highest BCUT2D eigenvalue weighted by Gasteiger charge is 2.24. The van der Waals surface area contributed by atoms with Crippen molar-refractivity contribution in [2.45, 2.75) is 13.3 Å². The van der Waals surface area contributed by atoms with Gasteiger partial charge >= 0.3 is 0 Å². The van der Waals surface area contributed by atoms with E-state index in [0.29, 0.717) is 12.5 Å². The molecular weight excluding hydrogens is 386 g/mol. The van der Waals surface area contributed by atoms with Crippen molar-refractivity contribution in [1.29, 1.82) is 0 Å². The second-order valence-electron chi connectivity index (χ2n) is 7.30. The fourth-order valence-electron chi connectivity index (χ4n) is 3.42. The largest absolute Gasteiger partial charge is 0.371 e. The number of anilines is 1. The Labute approximate surface area is 176 Å². The van der Waals surface area contributed by atoms with Gasteiger partial charge in [-0.1, -0.05) is 48.0 Å². The first-order valence-electron chi connectivity index (χ1n) is 9.80. The predicted octanol–water partition coefficient (Wildman–Crippen LogP) is 3.42. The fraction of sp³-hybridized carbons (Fsp3) is 0.304. The Morgan fingerprint density at radius 1 is 1.17 bits per heavy atom. The number of hydrogen-bond acceptors (Lipinski definition) is 3. The maximum atomic E-state index is 12.0. The van der Waals surface area contributed by atoms with Crippen LogP contribution in [-0.2, 0) is 9.59 Å². The van der Waals surface area contributed by atoms with Crippen LogP contribution in [0.3, 0.4) is 0 Å². The van der Waals surface area contributed by atoms with Crippen LogP contribution in [0.1, 0.15) is 17.5 Å². The van der Waals surface area contributed by atoms with Gasteiger partial charge in [-0.05, 0) is 48.6 Å². The van der Waals surface area contributed by atoms with Crippen LogP contribution in [0.2, 0.25) is 5.02 Å². The lowest BCUT2D eigenvalue weighted by molar-refractivity contribution is -0.124. The number of benzene rings is 2. The Bertz CT molecular complexity index is 883. The summed E-state index contributed by atoms with van der Waals surface area (Å²) in [4.78, 5) is 26.2. The van der Waals surface area contributed by atoms with Gasteiger partial charge in [0.25, 0.3) is 0 Å². The first-order valence-corrected chi connectivity index (χ1v) is 10.2. The summed E-state index contributed by atoms with van der Waals surface area (Å²) in [5.41, 5.74) is 3.29. The summed E-state index contributed by atoms with van der Waals surface area (Å²) in [5.74, 6) is -0.0812. The van der Waals surface area contributed by atoms with Gasteiger partial charge in [-0.3, -0.25) is 9.59 Å². The van der Waals surface area contributed by atoms with Crippen LogP contribution in [0.5, 0.6) is 0 Å². The number of carbonyl (C=O) groups excluding carboxylic acids is 2. The summed E-state index contributed by atoms with van der Waals surface area (Å²) >= 11 is 6.13. The first-order chi connectivity index (χ1) is 14.0. The molecule has 1 fully saturated rings. The normalized spacial score (nSPS) is 16.2. The molecule has 1 heterocycles. The van der Waals surface area contributed by atoms with Crippen molar-refractivity contribution in [3.05, 3.63) is 70.8 Å². The van der Waals surface area contributed by atoms with Crippen LogP contribution in [0.25, 0.3) is 6.08 Å². The van der Waals surface area contributed by atoms with Crippen molar-refractivity contribution in [2.24, 2.45) is 5.92 Å². The Balaban J connectivity index is 1.38. The second-order valence-corrected chi connectivity index (χ2v) is 7.73. The van der Waals surface area contributed by atoms with Crippen molar-refractivity contribution in [3.63, 3.8) is 0 Å². The number of nitrogens with one attached hydrogen (secondary N) is 2. The lowest BCUT2D eigenvalue weighted by atomic mass is 10.1. The number of amides is 2. The standard InChI is InChI=1S/C23H26ClN3O2/c1-17-7-9-20(24)13-21(17)27-12-11-19(16-27)14-25-23(29)15-26-22(28)10-8-18-5-3-2-4-6-18/h2-10,13,19H,11-12,14-16H2,1H3,(H,25,29)(H,26,28)/b10-8+. The van der Waals surface area contributed by atoms with Crippen molar-refractivity contribution in [3.8, 4) is 0 Å². The third-order valence-electron chi connectivity index (χ3n) is 5.04. The molecule has 1 unspecified atom stereocenters. The molecular formula is C23H26ClN3O2. The van der Waals surface area contributed by atoms with Crippen LogP contribution in [-0.4, -0.2) is 38.0 Å². The van der Waals surface area contributed by atoms with Gasteiger partial charge in [-0.15, -0.1) is 0 Å². The van der Waals surface area contributed by atoms with Gasteiger partial charge in [0, 0.05) is 36.4 Å². The minimum atomic E-state index is -0.285. The van der Waals surface area contributed by atoms with Crippen LogP contribution in [0, 0.1) is 12.8 Å². The Morgan fingerprint density at radius 2 is 1.97 bits per heavy atom. The van der Waals surface area contributed by atoms with E-state index in [-0.39, 0.29) is 18.4 Å². The molecule has 2 amide bonds. The molecule has 2 aromatic carbocycles. The molecule has 0 radical (unpaired) electrons. The number of hydrogen-bond donors (Lipinski definition) is 2. The monoisotopic (exact) mass is 411 g/mol. The quantitative estimate of drug-likeness (QED) is 0.686. The highest BCUT2D eigenvalue weighted by Crippen LogP contribution is 2.29. The highest BCUT2D eigenvalue weighted by atomic mass is 35.5. The number of carbonyl (C=O) groups is 2. The Hall–Kier alpha value is -2.79. The molecule has 2 aromatic rings. The molecule has 29 heavy (non-hydrogen) atoms. The van der Waals surface area contributed by atoms with Gasteiger partial charge in [0.1, 0.15) is 0 Å². The zero-order chi connectivity index (χ0) is 20.6. The number of aryl methyl sites for hydroxylation is 1. The molecule has 2 N–H and O–H groups in total. The van der Waals surface area contributed by atoms with Crippen LogP contribution in [0.4, 0.5) is 5.69 Å². The Kier molecular flexibility index (Phi) is 7.30. The summed E-state index contributed by atoms with van der Waals surface area (Å²) in [6.07, 6.45) is 4.17. The average Bonchev–Trinajstić information content (AvgIpc) is 3.20. The SMILES string of the molecule is Cc1ccc(Cl)cc1N1CCC(CNC(=O)CNC(=O)/C=C/c2ccccc2)C1. The smallest absolute Gasteiger partial charge is 0.244 e. The van der Waals surface area contributed by atoms with Gasteiger partial charge in [-0.2, -0.15) is 0 Å². The number of rotatable bonds is 7. The van der Waals surface area contributed by atoms with E-state index in [1.165, 1.54) is 11.6 Å². The maximum Gasteiger partial charge on any atom is 0.244 e. The number of nitrogens with zero attached hydrogens (tertiary/aromatic N) is 1. The molecule has 3 rings (SSSR count). The molecule has 1 saturated heterocycles. The average molecular weight is 412 g/mol. The van der Waals surface area contributed by atoms with E-state index in [1.807, 2.05) is 48.5 Å². The molecule has 152 valence electrons. The molecule has 0 bridgehead atoms. The van der Waals surface area contributed by atoms with Gasteiger partial charge in [0.2, 0.25) is 11.8 Å². The zero-order valence-corrected chi connectivity index (χ0v) is 17.3. The minimum absolute atomic E-state index is 0.0260. The zero-order valence-electron chi connectivity index (χ0n) is 16.5. The summed E-state index contributed by atoms with van der Waals surface area (Å²) in [7, 11) is 0. The summed E-state index contributed by atoms with van der Waals surface area (Å²) in [5, 5.41) is 6.27. The fourth-order valence-corrected chi connectivity index (χ4v) is 3.59. The van der Waals surface area contributed by atoms with Crippen molar-refractivity contribution >= 4 is 35.2 Å². The third-order valence-corrected chi connectivity index (χ3v) is 5.27. The van der Waals surface area contributed by atoms with Gasteiger partial charge in [0.15, 0.2) is 0 Å². The Morgan fingerprint density at radius 3 is 2.76 bits per heavy atom. The molecule has 5 nitrogen and oxygen atoms in total. The van der Waals surface area contributed by atoms with E-state index in [4.69, 9.17) is 11.6 Å². The van der Waals surface area contributed by atoms with Crippen LogP contribution >= 0.6 is 11.6 Å². The van der Waals surface area contributed by atoms with Gasteiger partial charge in [-0.25, -0.2) is 0 Å². The molecule has 1 aliphatic rings. The molecule has 0 aromatic heterocycles. The first kappa shape index (κ1) is 20.9. The van der Waals surface area contributed by atoms with Gasteiger partial charge < -0.3 is 15.5 Å². The topological polar surface area (TPSA) is 61.4 Å². The molecule has 6 heteroatoms. The highest BCUT2D eigenvalue weighted by molar-refractivity contribution is 6.30. The molecule has 1 aliphatic heterocycles. The summed E-state index contributed by atoms with van der Waals surface area (Å²) < 4.78 is 0. The van der Waals surface area contributed by atoms with Gasteiger partial charge in [0.05, 0.1) is 6.54 Å². The summed E-state index contributed by atoms with van der Waals surface area (Å²) in [6.45, 7) is 4.48. The maximum absolute atomic E-state index is 12.0. The summed E-state index contributed by atoms with van der Waals surface area (Å²) in [6, 6.07) is 15.5. The third kappa shape index (κ3) is 6.36. The lowest BCUT2D eigenvalue weighted by Gasteiger charge is -2.21. The van der Waals surface area contributed by atoms with E-state index in [0.717, 1.165) is 35.8 Å². The van der Waals surface area contributed by atoms with Crippen molar-refractivity contribution in [1.82, 2.24) is 10.6 Å². The van der Waals surface area contributed by atoms with Crippen molar-refractivity contribution in [2.75, 3.05) is 31.1 Å². The molecule has 1 atom stereocenters. The van der Waals surface area contributed by atoms with Crippen LogP contribution < -0.4 is 15.5 Å². The van der Waals surface area contributed by atoms with E-state index in [1.54, 1.807) is 6.08 Å². The molecule has 0 aliphatic carbocycles. The predicted molar refractivity (Wildman–Crippen MR) is 118 cm³/mol. The van der Waals surface area contributed by atoms with E-state index in [2.05, 4.69) is 22.5 Å². The van der Waals surface area contributed by atoms with E-state index < -0.39 is 0 Å². The second kappa shape index (κ2) is 10.1. The number of halogens is 1. The molecule has 0 saturated carbocycles.